The summed E-state index contributed by atoms with van der Waals surface area (Å²) in [5.74, 6) is 0.538. The molecular formula is C26H26N2O3. The lowest BCUT2D eigenvalue weighted by molar-refractivity contribution is -0.117. The highest BCUT2D eigenvalue weighted by Crippen LogP contribution is 2.42. The second kappa shape index (κ2) is 8.64. The molecule has 4 rings (SSSR count). The Kier molecular flexibility index (Phi) is 5.76. The van der Waals surface area contributed by atoms with Crippen LogP contribution in [0.25, 0.3) is 0 Å². The molecule has 0 radical (unpaired) electrons. The number of ether oxygens (including phenoxy) is 1. The van der Waals surface area contributed by atoms with Crippen molar-refractivity contribution in [3.8, 4) is 5.75 Å². The van der Waals surface area contributed by atoms with Crippen molar-refractivity contribution in [3.63, 3.8) is 0 Å². The van der Waals surface area contributed by atoms with Gasteiger partial charge in [0.15, 0.2) is 0 Å². The molecule has 0 N–H and O–H groups in total. The van der Waals surface area contributed by atoms with E-state index in [0.29, 0.717) is 17.7 Å². The zero-order valence-corrected chi connectivity index (χ0v) is 18.0. The van der Waals surface area contributed by atoms with Crippen molar-refractivity contribution in [2.75, 3.05) is 16.9 Å². The summed E-state index contributed by atoms with van der Waals surface area (Å²) in [5.41, 5.74) is 3.20. The number of para-hydroxylation sites is 2. The van der Waals surface area contributed by atoms with Crippen LogP contribution in [0.5, 0.6) is 5.75 Å². The number of carbonyl (C=O) groups is 2. The van der Waals surface area contributed by atoms with E-state index in [0.717, 1.165) is 16.9 Å². The lowest BCUT2D eigenvalue weighted by atomic mass is 9.89. The molecule has 0 saturated heterocycles. The summed E-state index contributed by atoms with van der Waals surface area (Å²) in [6, 6.07) is 24.5. The van der Waals surface area contributed by atoms with Crippen LogP contribution in [0, 0.1) is 0 Å². The Morgan fingerprint density at radius 3 is 2.39 bits per heavy atom. The van der Waals surface area contributed by atoms with Gasteiger partial charge in [-0.15, -0.1) is 0 Å². The van der Waals surface area contributed by atoms with Gasteiger partial charge in [-0.3, -0.25) is 9.59 Å². The Hall–Kier alpha value is -3.60. The number of hydrogen-bond donors (Lipinski definition) is 0. The van der Waals surface area contributed by atoms with Crippen LogP contribution in [0.4, 0.5) is 11.4 Å². The van der Waals surface area contributed by atoms with E-state index in [9.17, 15) is 9.59 Å². The quantitative estimate of drug-likeness (QED) is 0.587. The van der Waals surface area contributed by atoms with Crippen molar-refractivity contribution in [2.24, 2.45) is 0 Å². The molecule has 31 heavy (non-hydrogen) atoms. The first kappa shape index (κ1) is 20.7. The number of anilines is 2. The Morgan fingerprint density at radius 2 is 1.68 bits per heavy atom. The van der Waals surface area contributed by atoms with E-state index in [1.165, 1.54) is 0 Å². The van der Waals surface area contributed by atoms with E-state index in [4.69, 9.17) is 4.74 Å². The van der Waals surface area contributed by atoms with Gasteiger partial charge in [-0.05, 0) is 55.3 Å². The minimum Gasteiger partial charge on any atom is -0.497 e. The van der Waals surface area contributed by atoms with Gasteiger partial charge in [-0.1, -0.05) is 42.5 Å². The fourth-order valence-electron chi connectivity index (χ4n) is 4.43. The number of nitrogens with zero attached hydrogens (tertiary/aromatic N) is 2. The molecule has 0 bridgehead atoms. The summed E-state index contributed by atoms with van der Waals surface area (Å²) < 4.78 is 5.33. The summed E-state index contributed by atoms with van der Waals surface area (Å²) in [6.45, 7) is 3.62. The van der Waals surface area contributed by atoms with Gasteiger partial charge in [-0.2, -0.15) is 0 Å². The number of amides is 2. The Bertz CT molecular complexity index is 1100. The molecule has 0 saturated carbocycles. The van der Waals surface area contributed by atoms with Gasteiger partial charge in [0.25, 0.3) is 5.91 Å². The molecule has 5 nitrogen and oxygen atoms in total. The van der Waals surface area contributed by atoms with Crippen molar-refractivity contribution in [2.45, 2.75) is 32.4 Å². The average molecular weight is 415 g/mol. The summed E-state index contributed by atoms with van der Waals surface area (Å²) in [7, 11) is 1.59. The predicted molar refractivity (Wildman–Crippen MR) is 123 cm³/mol. The molecule has 2 amide bonds. The van der Waals surface area contributed by atoms with E-state index < -0.39 is 0 Å². The van der Waals surface area contributed by atoms with Crippen molar-refractivity contribution in [1.82, 2.24) is 0 Å². The smallest absolute Gasteiger partial charge is 0.258 e. The van der Waals surface area contributed by atoms with Crippen LogP contribution in [-0.4, -0.2) is 25.0 Å². The van der Waals surface area contributed by atoms with E-state index in [2.05, 4.69) is 0 Å². The van der Waals surface area contributed by atoms with E-state index in [1.807, 2.05) is 83.5 Å². The highest BCUT2D eigenvalue weighted by molar-refractivity contribution is 6.07. The van der Waals surface area contributed by atoms with Crippen LogP contribution in [-0.2, 0) is 4.79 Å². The molecule has 0 unspecified atom stereocenters. The fourth-order valence-corrected chi connectivity index (χ4v) is 4.43. The first-order valence-electron chi connectivity index (χ1n) is 10.4. The number of fused-ring (bicyclic) bond motifs is 1. The zero-order valence-electron chi connectivity index (χ0n) is 18.0. The standard InChI is InChI=1S/C26H26N2O3/c1-18-16-25(23-14-7-8-15-24(23)27(18)19(2)29)28(21-11-5-4-6-12-21)26(30)20-10-9-13-22(17-20)31-3/h4-15,17-18,25H,16H2,1-3H3/t18-,25-/m1/s1. The topological polar surface area (TPSA) is 49.9 Å². The van der Waals surface area contributed by atoms with Crippen LogP contribution in [0.1, 0.15) is 42.2 Å². The lowest BCUT2D eigenvalue weighted by Crippen LogP contribution is -2.47. The molecule has 3 aromatic carbocycles. The predicted octanol–water partition coefficient (Wildman–Crippen LogP) is 5.23. The number of benzene rings is 3. The van der Waals surface area contributed by atoms with Gasteiger partial charge in [0.1, 0.15) is 5.75 Å². The third-order valence-corrected chi connectivity index (χ3v) is 5.78. The largest absolute Gasteiger partial charge is 0.497 e. The summed E-state index contributed by atoms with van der Waals surface area (Å²) >= 11 is 0. The fraction of sp³-hybridized carbons (Fsp3) is 0.231. The molecular weight excluding hydrogens is 388 g/mol. The lowest BCUT2D eigenvalue weighted by Gasteiger charge is -2.43. The molecule has 3 aromatic rings. The second-order valence-corrected chi connectivity index (χ2v) is 7.79. The first-order valence-corrected chi connectivity index (χ1v) is 10.4. The summed E-state index contributed by atoms with van der Waals surface area (Å²) in [4.78, 5) is 29.9. The Balaban J connectivity index is 1.85. The normalized spacial score (nSPS) is 17.6. The molecule has 158 valence electrons. The highest BCUT2D eigenvalue weighted by Gasteiger charge is 2.37. The van der Waals surface area contributed by atoms with Crippen LogP contribution in [0.3, 0.4) is 0 Å². The van der Waals surface area contributed by atoms with Gasteiger partial charge in [0.2, 0.25) is 5.91 Å². The minimum atomic E-state index is -0.206. The Labute approximate surface area is 182 Å². The monoisotopic (exact) mass is 414 g/mol. The zero-order chi connectivity index (χ0) is 22.0. The maximum absolute atomic E-state index is 13.8. The number of hydrogen-bond acceptors (Lipinski definition) is 3. The molecule has 1 heterocycles. The van der Waals surface area contributed by atoms with Crippen molar-refractivity contribution in [3.05, 3.63) is 90.0 Å². The van der Waals surface area contributed by atoms with Crippen molar-refractivity contribution < 1.29 is 14.3 Å². The maximum atomic E-state index is 13.8. The van der Waals surface area contributed by atoms with E-state index >= 15 is 0 Å². The van der Waals surface area contributed by atoms with Crippen molar-refractivity contribution >= 4 is 23.2 Å². The third kappa shape index (κ3) is 3.91. The molecule has 0 spiro atoms. The molecule has 0 aromatic heterocycles. The van der Waals surface area contributed by atoms with Gasteiger partial charge in [0, 0.05) is 29.9 Å². The average Bonchev–Trinajstić information content (AvgIpc) is 2.79. The molecule has 0 fully saturated rings. The molecule has 2 atom stereocenters. The molecule has 0 aliphatic carbocycles. The first-order chi connectivity index (χ1) is 15.0. The van der Waals surface area contributed by atoms with Crippen LogP contribution in [0.2, 0.25) is 0 Å². The van der Waals surface area contributed by atoms with Gasteiger partial charge in [-0.25, -0.2) is 0 Å². The molecule has 1 aliphatic heterocycles. The van der Waals surface area contributed by atoms with Crippen LogP contribution >= 0.6 is 0 Å². The van der Waals surface area contributed by atoms with Gasteiger partial charge in [0.05, 0.1) is 13.2 Å². The summed E-state index contributed by atoms with van der Waals surface area (Å²) in [5, 5.41) is 0. The second-order valence-electron chi connectivity index (χ2n) is 7.79. The van der Waals surface area contributed by atoms with Crippen LogP contribution < -0.4 is 14.5 Å². The highest BCUT2D eigenvalue weighted by atomic mass is 16.5. The Morgan fingerprint density at radius 1 is 0.968 bits per heavy atom. The van der Waals surface area contributed by atoms with E-state index in [-0.39, 0.29) is 23.9 Å². The maximum Gasteiger partial charge on any atom is 0.258 e. The van der Waals surface area contributed by atoms with E-state index in [1.54, 1.807) is 26.2 Å². The number of methoxy groups -OCH3 is 1. The van der Waals surface area contributed by atoms with Gasteiger partial charge < -0.3 is 14.5 Å². The SMILES string of the molecule is COc1cccc(C(=O)N(c2ccccc2)[C@@H]2C[C@@H](C)N(C(C)=O)c3ccccc32)c1. The van der Waals surface area contributed by atoms with Crippen LogP contribution in [0.15, 0.2) is 78.9 Å². The number of rotatable bonds is 4. The minimum absolute atomic E-state index is 0.00350. The molecule has 1 aliphatic rings. The third-order valence-electron chi connectivity index (χ3n) is 5.78. The van der Waals surface area contributed by atoms with Gasteiger partial charge >= 0.3 is 0 Å². The van der Waals surface area contributed by atoms with Crippen molar-refractivity contribution in [1.29, 1.82) is 0 Å². The molecule has 5 heteroatoms. The number of carbonyl (C=O) groups excluding carboxylic acids is 2. The summed E-state index contributed by atoms with van der Waals surface area (Å²) in [6.07, 6.45) is 0.640.